The molecule has 0 spiro atoms. The molecule has 0 atom stereocenters. The molecule has 1 aliphatic rings. The zero-order chi connectivity index (χ0) is 22.0. The Hall–Kier alpha value is -2.68. The number of aromatic nitrogens is 2. The van der Waals surface area contributed by atoms with Gasteiger partial charge in [-0.05, 0) is 55.2 Å². The fraction of sp³-hybridized carbons (Fsp3) is 0.273. The molecule has 4 rings (SSSR count). The highest BCUT2D eigenvalue weighted by Crippen LogP contribution is 2.24. The van der Waals surface area contributed by atoms with Crippen molar-refractivity contribution in [2.75, 3.05) is 18.4 Å². The van der Waals surface area contributed by atoms with Crippen LogP contribution in [0.1, 0.15) is 34.3 Å². The van der Waals surface area contributed by atoms with Crippen molar-refractivity contribution in [3.8, 4) is 0 Å². The Balaban J connectivity index is 1.56. The van der Waals surface area contributed by atoms with Crippen LogP contribution in [-0.2, 0) is 16.6 Å². The van der Waals surface area contributed by atoms with Crippen LogP contribution in [-0.4, -0.2) is 41.5 Å². The van der Waals surface area contributed by atoms with Gasteiger partial charge in [0.25, 0.3) is 5.91 Å². The molecule has 1 amide bonds. The van der Waals surface area contributed by atoms with Crippen molar-refractivity contribution >= 4 is 33.3 Å². The molecule has 1 fully saturated rings. The molecule has 9 heteroatoms. The van der Waals surface area contributed by atoms with Gasteiger partial charge in [-0.25, -0.2) is 13.1 Å². The Bertz CT molecular complexity index is 1200. The number of halogens is 1. The first-order valence-electron chi connectivity index (χ1n) is 10.0. The first kappa shape index (κ1) is 21.5. The first-order valence-corrected chi connectivity index (χ1v) is 11.8. The highest BCUT2D eigenvalue weighted by atomic mass is 35.5. The largest absolute Gasteiger partial charge is 0.307 e. The average molecular weight is 459 g/mol. The van der Waals surface area contributed by atoms with Crippen molar-refractivity contribution in [3.05, 3.63) is 76.4 Å². The van der Waals surface area contributed by atoms with Crippen LogP contribution in [0.5, 0.6) is 0 Å². The first-order chi connectivity index (χ1) is 14.8. The van der Waals surface area contributed by atoms with Crippen LogP contribution >= 0.6 is 11.6 Å². The standard InChI is InChI=1S/C22H23ClN4O3S/c1-16-4-9-19(31(29,30)26-12-2-3-13-26)14-20(16)22(28)25-21-10-11-24-27(21)15-17-5-7-18(23)8-6-17/h4-11,14H,2-3,12-13,15H2,1H3,(H,25,28). The van der Waals surface area contributed by atoms with E-state index < -0.39 is 10.0 Å². The summed E-state index contributed by atoms with van der Waals surface area (Å²) in [6.45, 7) is 3.28. The zero-order valence-electron chi connectivity index (χ0n) is 17.1. The van der Waals surface area contributed by atoms with Gasteiger partial charge in [-0.3, -0.25) is 4.79 Å². The quantitative estimate of drug-likeness (QED) is 0.606. The predicted octanol–water partition coefficient (Wildman–Crippen LogP) is 3.93. The zero-order valence-corrected chi connectivity index (χ0v) is 18.7. The molecular formula is C22H23ClN4O3S. The summed E-state index contributed by atoms with van der Waals surface area (Å²) >= 11 is 5.94. The molecule has 0 saturated carbocycles. The summed E-state index contributed by atoms with van der Waals surface area (Å²) in [4.78, 5) is 13.1. The number of carbonyl (C=O) groups is 1. The highest BCUT2D eigenvalue weighted by Gasteiger charge is 2.28. The number of nitrogens with one attached hydrogen (secondary N) is 1. The normalized spacial score (nSPS) is 14.6. The van der Waals surface area contributed by atoms with E-state index >= 15 is 0 Å². The molecule has 2 heterocycles. The smallest absolute Gasteiger partial charge is 0.257 e. The van der Waals surface area contributed by atoms with E-state index in [1.165, 1.54) is 10.4 Å². The third-order valence-corrected chi connectivity index (χ3v) is 7.51. The maximum absolute atomic E-state index is 13.0. The predicted molar refractivity (Wildman–Crippen MR) is 120 cm³/mol. The molecule has 1 aliphatic heterocycles. The van der Waals surface area contributed by atoms with Gasteiger partial charge < -0.3 is 5.32 Å². The molecule has 31 heavy (non-hydrogen) atoms. The van der Waals surface area contributed by atoms with Gasteiger partial charge in [0, 0.05) is 29.7 Å². The second kappa shape index (κ2) is 8.82. The third-order valence-electron chi connectivity index (χ3n) is 5.36. The Morgan fingerprint density at radius 3 is 2.52 bits per heavy atom. The molecule has 1 aromatic heterocycles. The Morgan fingerprint density at radius 2 is 1.81 bits per heavy atom. The lowest BCUT2D eigenvalue weighted by Crippen LogP contribution is -2.28. The van der Waals surface area contributed by atoms with E-state index in [9.17, 15) is 13.2 Å². The van der Waals surface area contributed by atoms with E-state index in [1.807, 2.05) is 12.1 Å². The van der Waals surface area contributed by atoms with Crippen LogP contribution in [0.15, 0.2) is 59.6 Å². The minimum atomic E-state index is -3.60. The summed E-state index contributed by atoms with van der Waals surface area (Å²) in [5.41, 5.74) is 2.00. The number of sulfonamides is 1. The van der Waals surface area contributed by atoms with Crippen LogP contribution < -0.4 is 5.32 Å². The third kappa shape index (κ3) is 4.66. The Kier molecular flexibility index (Phi) is 6.13. The van der Waals surface area contributed by atoms with E-state index in [1.54, 1.807) is 48.1 Å². The van der Waals surface area contributed by atoms with E-state index in [-0.39, 0.29) is 10.8 Å². The molecule has 7 nitrogen and oxygen atoms in total. The second-order valence-electron chi connectivity index (χ2n) is 7.54. The molecule has 1 saturated heterocycles. The lowest BCUT2D eigenvalue weighted by atomic mass is 10.1. The SMILES string of the molecule is Cc1ccc(S(=O)(=O)N2CCCC2)cc1C(=O)Nc1ccnn1Cc1ccc(Cl)cc1. The van der Waals surface area contributed by atoms with Gasteiger partial charge in [-0.2, -0.15) is 9.40 Å². The number of hydrogen-bond acceptors (Lipinski definition) is 4. The van der Waals surface area contributed by atoms with Crippen LogP contribution in [0, 0.1) is 6.92 Å². The van der Waals surface area contributed by atoms with E-state index in [0.29, 0.717) is 41.6 Å². The topological polar surface area (TPSA) is 84.3 Å². The van der Waals surface area contributed by atoms with E-state index in [2.05, 4.69) is 10.4 Å². The summed E-state index contributed by atoms with van der Waals surface area (Å²) in [5.74, 6) is 0.140. The van der Waals surface area contributed by atoms with Crippen LogP contribution in [0.3, 0.4) is 0 Å². The lowest BCUT2D eigenvalue weighted by Gasteiger charge is -2.17. The lowest BCUT2D eigenvalue weighted by molar-refractivity contribution is 0.102. The minimum absolute atomic E-state index is 0.139. The average Bonchev–Trinajstić information content (AvgIpc) is 3.43. The van der Waals surface area contributed by atoms with Crippen LogP contribution in [0.25, 0.3) is 0 Å². The molecule has 0 unspecified atom stereocenters. The van der Waals surface area contributed by atoms with Gasteiger partial charge in [-0.15, -0.1) is 0 Å². The summed E-state index contributed by atoms with van der Waals surface area (Å²) in [7, 11) is -3.60. The Morgan fingerprint density at radius 1 is 1.10 bits per heavy atom. The highest BCUT2D eigenvalue weighted by molar-refractivity contribution is 7.89. The summed E-state index contributed by atoms with van der Waals surface area (Å²) in [6.07, 6.45) is 3.32. The fourth-order valence-corrected chi connectivity index (χ4v) is 5.26. The molecule has 162 valence electrons. The monoisotopic (exact) mass is 458 g/mol. The maximum Gasteiger partial charge on any atom is 0.257 e. The van der Waals surface area contributed by atoms with Gasteiger partial charge >= 0.3 is 0 Å². The number of amides is 1. The molecule has 2 aromatic carbocycles. The summed E-state index contributed by atoms with van der Waals surface area (Å²) in [5, 5.41) is 7.78. The van der Waals surface area contributed by atoms with Gasteiger partial charge in [0.2, 0.25) is 10.0 Å². The van der Waals surface area contributed by atoms with Crippen molar-refractivity contribution in [3.63, 3.8) is 0 Å². The van der Waals surface area contributed by atoms with Gasteiger partial charge in [-0.1, -0.05) is 29.8 Å². The molecule has 1 N–H and O–H groups in total. The second-order valence-corrected chi connectivity index (χ2v) is 9.92. The van der Waals surface area contributed by atoms with Crippen LogP contribution in [0.2, 0.25) is 5.02 Å². The van der Waals surface area contributed by atoms with Gasteiger partial charge in [0.15, 0.2) is 0 Å². The number of nitrogens with zero attached hydrogens (tertiary/aromatic N) is 3. The van der Waals surface area contributed by atoms with Crippen molar-refractivity contribution in [2.24, 2.45) is 0 Å². The van der Waals surface area contributed by atoms with Crippen LogP contribution in [0.4, 0.5) is 5.82 Å². The fourth-order valence-electron chi connectivity index (χ4n) is 3.59. The number of benzene rings is 2. The number of hydrogen-bond donors (Lipinski definition) is 1. The number of anilines is 1. The molecule has 0 bridgehead atoms. The van der Waals surface area contributed by atoms with Crippen molar-refractivity contribution in [1.29, 1.82) is 0 Å². The van der Waals surface area contributed by atoms with Gasteiger partial charge in [0.05, 0.1) is 17.6 Å². The van der Waals surface area contributed by atoms with Crippen molar-refractivity contribution in [1.82, 2.24) is 14.1 Å². The molecular weight excluding hydrogens is 436 g/mol. The summed E-state index contributed by atoms with van der Waals surface area (Å²) in [6, 6.07) is 13.8. The number of rotatable bonds is 6. The number of carbonyl (C=O) groups excluding carboxylic acids is 1. The molecule has 0 radical (unpaired) electrons. The number of aryl methyl sites for hydroxylation is 1. The Labute approximate surface area is 186 Å². The van der Waals surface area contributed by atoms with E-state index in [4.69, 9.17) is 11.6 Å². The summed E-state index contributed by atoms with van der Waals surface area (Å²) < 4.78 is 28.9. The minimum Gasteiger partial charge on any atom is -0.307 e. The molecule has 0 aliphatic carbocycles. The van der Waals surface area contributed by atoms with Gasteiger partial charge in [0.1, 0.15) is 5.82 Å². The van der Waals surface area contributed by atoms with E-state index in [0.717, 1.165) is 18.4 Å². The van der Waals surface area contributed by atoms with Crippen molar-refractivity contribution < 1.29 is 13.2 Å². The molecule has 3 aromatic rings. The van der Waals surface area contributed by atoms with Crippen molar-refractivity contribution in [2.45, 2.75) is 31.2 Å². The maximum atomic E-state index is 13.0.